The zero-order valence-corrected chi connectivity index (χ0v) is 13.9. The van der Waals surface area contributed by atoms with Gasteiger partial charge in [0, 0.05) is 38.3 Å². The summed E-state index contributed by atoms with van der Waals surface area (Å²) in [5, 5.41) is 9.61. The lowest BCUT2D eigenvalue weighted by atomic mass is 10.0. The second kappa shape index (κ2) is 6.62. The van der Waals surface area contributed by atoms with E-state index in [0.29, 0.717) is 6.04 Å². The lowest BCUT2D eigenvalue weighted by Crippen LogP contribution is -2.44. The third-order valence-corrected chi connectivity index (χ3v) is 5.25. The fraction of sp³-hybridized carbons (Fsp3) is 0.500. The number of piperidine rings is 1. The Kier molecular flexibility index (Phi) is 4.59. The van der Waals surface area contributed by atoms with Crippen LogP contribution in [0.1, 0.15) is 25.5 Å². The topological polar surface area (TPSA) is 52.2 Å². The highest BCUT2D eigenvalue weighted by atomic mass is 32.1. The molecule has 0 saturated carbocycles. The first-order valence-electron chi connectivity index (χ1n) is 7.67. The number of rotatable bonds is 4. The van der Waals surface area contributed by atoms with E-state index in [-0.39, 0.29) is 5.91 Å². The number of H-pyrrole nitrogens is 1. The Bertz CT molecular complexity index is 614. The van der Waals surface area contributed by atoms with Gasteiger partial charge >= 0.3 is 0 Å². The fourth-order valence-corrected chi connectivity index (χ4v) is 3.70. The Labute approximate surface area is 134 Å². The van der Waals surface area contributed by atoms with Crippen molar-refractivity contribution in [1.82, 2.24) is 20.0 Å². The van der Waals surface area contributed by atoms with Gasteiger partial charge in [0.2, 0.25) is 5.91 Å². The largest absolute Gasteiger partial charge is 0.343 e. The van der Waals surface area contributed by atoms with Crippen LogP contribution >= 0.6 is 11.3 Å². The Morgan fingerprint density at radius 1 is 1.50 bits per heavy atom. The normalized spacial score (nSPS) is 16.4. The molecule has 0 aliphatic carbocycles. The number of hydrogen-bond donors (Lipinski definition) is 1. The molecule has 0 unspecified atom stereocenters. The van der Waals surface area contributed by atoms with E-state index < -0.39 is 0 Å². The standard InChI is InChI=1S/C16H22N4OS/c1-12(21)20-7-5-14(6-8-20)19(2)11-13-10-15(18-17-13)16-4-3-9-22-16/h3-4,9-10,14H,5-8,11H2,1-2H3,(H,17,18). The molecule has 6 heteroatoms. The maximum absolute atomic E-state index is 11.4. The van der Waals surface area contributed by atoms with E-state index in [1.165, 1.54) is 4.88 Å². The van der Waals surface area contributed by atoms with E-state index in [2.05, 4.69) is 39.7 Å². The second-order valence-corrected chi connectivity index (χ2v) is 6.86. The molecule has 0 aromatic carbocycles. The van der Waals surface area contributed by atoms with Crippen LogP contribution in [-0.2, 0) is 11.3 Å². The van der Waals surface area contributed by atoms with Crippen molar-refractivity contribution in [3.8, 4) is 10.6 Å². The second-order valence-electron chi connectivity index (χ2n) is 5.91. The molecular weight excluding hydrogens is 296 g/mol. The lowest BCUT2D eigenvalue weighted by Gasteiger charge is -2.36. The van der Waals surface area contributed by atoms with Gasteiger partial charge in [-0.15, -0.1) is 11.3 Å². The first kappa shape index (κ1) is 15.2. The van der Waals surface area contributed by atoms with Crippen molar-refractivity contribution < 1.29 is 4.79 Å². The van der Waals surface area contributed by atoms with Crippen LogP contribution in [0.15, 0.2) is 23.6 Å². The van der Waals surface area contributed by atoms with Crippen LogP contribution in [0.4, 0.5) is 0 Å². The van der Waals surface area contributed by atoms with Crippen molar-refractivity contribution in [3.05, 3.63) is 29.3 Å². The van der Waals surface area contributed by atoms with Gasteiger partial charge in [-0.3, -0.25) is 14.8 Å². The minimum Gasteiger partial charge on any atom is -0.343 e. The molecule has 5 nitrogen and oxygen atoms in total. The predicted molar refractivity (Wildman–Crippen MR) is 88.6 cm³/mol. The summed E-state index contributed by atoms with van der Waals surface area (Å²) in [6.07, 6.45) is 2.09. The van der Waals surface area contributed by atoms with Crippen LogP contribution < -0.4 is 0 Å². The van der Waals surface area contributed by atoms with Gasteiger partial charge < -0.3 is 4.90 Å². The number of likely N-dealkylation sites (tertiary alicyclic amines) is 1. The fourth-order valence-electron chi connectivity index (χ4n) is 3.01. The lowest BCUT2D eigenvalue weighted by molar-refractivity contribution is -0.130. The van der Waals surface area contributed by atoms with E-state index in [4.69, 9.17) is 0 Å². The van der Waals surface area contributed by atoms with Crippen LogP contribution in [0.3, 0.4) is 0 Å². The zero-order chi connectivity index (χ0) is 15.5. The average Bonchev–Trinajstić information content (AvgIpc) is 3.18. The smallest absolute Gasteiger partial charge is 0.219 e. The van der Waals surface area contributed by atoms with Crippen LogP contribution in [-0.4, -0.2) is 52.1 Å². The minimum atomic E-state index is 0.190. The molecule has 2 aromatic heterocycles. The van der Waals surface area contributed by atoms with Gasteiger partial charge in [0.25, 0.3) is 0 Å². The maximum atomic E-state index is 11.4. The predicted octanol–water partition coefficient (Wildman–Crippen LogP) is 2.58. The summed E-state index contributed by atoms with van der Waals surface area (Å²) in [5.74, 6) is 0.190. The molecule has 1 N–H and O–H groups in total. The van der Waals surface area contributed by atoms with Crippen molar-refractivity contribution in [2.75, 3.05) is 20.1 Å². The van der Waals surface area contributed by atoms with Crippen molar-refractivity contribution in [3.63, 3.8) is 0 Å². The number of hydrogen-bond acceptors (Lipinski definition) is 4. The summed E-state index contributed by atoms with van der Waals surface area (Å²) in [7, 11) is 2.15. The molecular formula is C16H22N4OS. The van der Waals surface area contributed by atoms with Gasteiger partial charge in [-0.2, -0.15) is 5.10 Å². The average molecular weight is 318 g/mol. The van der Waals surface area contributed by atoms with Gasteiger partial charge in [0.15, 0.2) is 0 Å². The maximum Gasteiger partial charge on any atom is 0.219 e. The number of carbonyl (C=O) groups excluding carboxylic acids is 1. The van der Waals surface area contributed by atoms with Crippen LogP contribution in [0, 0.1) is 0 Å². The summed E-state index contributed by atoms with van der Waals surface area (Å²) in [6.45, 7) is 4.26. The molecule has 118 valence electrons. The van der Waals surface area contributed by atoms with E-state index in [1.54, 1.807) is 18.3 Å². The van der Waals surface area contributed by atoms with Crippen molar-refractivity contribution in [2.45, 2.75) is 32.4 Å². The van der Waals surface area contributed by atoms with Gasteiger partial charge in [-0.1, -0.05) is 6.07 Å². The van der Waals surface area contributed by atoms with Gasteiger partial charge in [-0.25, -0.2) is 0 Å². The quantitative estimate of drug-likeness (QED) is 0.943. The SMILES string of the molecule is CC(=O)N1CCC(N(C)Cc2cc(-c3cccs3)n[nH]2)CC1. The molecule has 22 heavy (non-hydrogen) atoms. The minimum absolute atomic E-state index is 0.190. The molecule has 3 heterocycles. The Hall–Kier alpha value is -1.66. The van der Waals surface area contributed by atoms with E-state index in [0.717, 1.165) is 43.9 Å². The Morgan fingerprint density at radius 3 is 2.91 bits per heavy atom. The first-order valence-corrected chi connectivity index (χ1v) is 8.55. The van der Waals surface area contributed by atoms with Crippen LogP contribution in [0.25, 0.3) is 10.6 Å². The highest BCUT2D eigenvalue weighted by molar-refractivity contribution is 7.13. The van der Waals surface area contributed by atoms with Crippen LogP contribution in [0.2, 0.25) is 0 Å². The molecule has 0 atom stereocenters. The molecule has 1 saturated heterocycles. The van der Waals surface area contributed by atoms with E-state index in [1.807, 2.05) is 11.0 Å². The van der Waals surface area contributed by atoms with Crippen molar-refractivity contribution in [1.29, 1.82) is 0 Å². The molecule has 1 aliphatic heterocycles. The third kappa shape index (κ3) is 3.39. The molecule has 2 aromatic rings. The molecule has 1 fully saturated rings. The molecule has 0 spiro atoms. The molecule has 0 bridgehead atoms. The number of aromatic nitrogens is 2. The Morgan fingerprint density at radius 2 is 2.27 bits per heavy atom. The molecule has 1 amide bonds. The number of carbonyl (C=O) groups is 1. The third-order valence-electron chi connectivity index (χ3n) is 4.36. The molecule has 0 radical (unpaired) electrons. The Balaban J connectivity index is 1.56. The number of nitrogens with zero attached hydrogens (tertiary/aromatic N) is 3. The summed E-state index contributed by atoms with van der Waals surface area (Å²) in [4.78, 5) is 16.9. The zero-order valence-electron chi connectivity index (χ0n) is 13.1. The highest BCUT2D eigenvalue weighted by Gasteiger charge is 2.23. The molecule has 3 rings (SSSR count). The van der Waals surface area contributed by atoms with Crippen molar-refractivity contribution >= 4 is 17.2 Å². The van der Waals surface area contributed by atoms with E-state index >= 15 is 0 Å². The van der Waals surface area contributed by atoms with Gasteiger partial charge in [-0.05, 0) is 37.4 Å². The van der Waals surface area contributed by atoms with Gasteiger partial charge in [0.1, 0.15) is 5.69 Å². The number of nitrogens with one attached hydrogen (secondary N) is 1. The van der Waals surface area contributed by atoms with Crippen LogP contribution in [0.5, 0.6) is 0 Å². The number of thiophene rings is 1. The summed E-state index contributed by atoms with van der Waals surface area (Å²) in [5.41, 5.74) is 2.16. The van der Waals surface area contributed by atoms with Crippen molar-refractivity contribution in [2.24, 2.45) is 0 Å². The number of amides is 1. The first-order chi connectivity index (χ1) is 10.6. The molecule has 1 aliphatic rings. The monoisotopic (exact) mass is 318 g/mol. The summed E-state index contributed by atoms with van der Waals surface area (Å²) in [6, 6.07) is 6.80. The highest BCUT2D eigenvalue weighted by Crippen LogP contribution is 2.24. The number of aromatic amines is 1. The summed E-state index contributed by atoms with van der Waals surface area (Å²) >= 11 is 1.71. The summed E-state index contributed by atoms with van der Waals surface area (Å²) < 4.78 is 0. The van der Waals surface area contributed by atoms with Gasteiger partial charge in [0.05, 0.1) is 4.88 Å². The van der Waals surface area contributed by atoms with E-state index in [9.17, 15) is 4.79 Å².